The SMILES string of the molecule is C[C@H](ON=C(C(=O)NC1C(=O)N2C(C(=O)O)=C(C[n+]3cccc(N)c3)CSC12)c1nc(N)sc1Cl)C(=O)O. The van der Waals surface area contributed by atoms with Crippen molar-refractivity contribution in [2.45, 2.75) is 31.0 Å². The second-order valence-electron chi connectivity index (χ2n) is 8.13. The highest BCUT2D eigenvalue weighted by atomic mass is 35.5. The first-order valence-electron chi connectivity index (χ1n) is 10.8. The fraction of sp³-hybridized carbons (Fsp3) is 0.286. The van der Waals surface area contributed by atoms with Crippen molar-refractivity contribution in [3.8, 4) is 0 Å². The molecule has 0 aliphatic carbocycles. The van der Waals surface area contributed by atoms with E-state index in [1.54, 1.807) is 29.1 Å². The van der Waals surface area contributed by atoms with Gasteiger partial charge >= 0.3 is 11.9 Å². The molecule has 0 saturated carbocycles. The number of hydrogen-bond acceptors (Lipinski definition) is 11. The number of nitrogens with zero attached hydrogens (tertiary/aromatic N) is 4. The summed E-state index contributed by atoms with van der Waals surface area (Å²) in [4.78, 5) is 59.4. The minimum absolute atomic E-state index is 0.00336. The van der Waals surface area contributed by atoms with Crippen LogP contribution < -0.4 is 21.4 Å². The third-order valence-electron chi connectivity index (χ3n) is 5.48. The number of amides is 2. The van der Waals surface area contributed by atoms with Crippen molar-refractivity contribution in [1.29, 1.82) is 0 Å². The average molecular weight is 583 g/mol. The van der Waals surface area contributed by atoms with Crippen molar-refractivity contribution < 1.29 is 38.8 Å². The van der Waals surface area contributed by atoms with E-state index < -0.39 is 47.0 Å². The van der Waals surface area contributed by atoms with Crippen LogP contribution in [0.3, 0.4) is 0 Å². The van der Waals surface area contributed by atoms with Crippen LogP contribution in [0.2, 0.25) is 4.34 Å². The summed E-state index contributed by atoms with van der Waals surface area (Å²) < 4.78 is 1.71. The van der Waals surface area contributed by atoms with E-state index in [4.69, 9.17) is 33.0 Å². The molecule has 1 fully saturated rings. The number of pyridine rings is 1. The Morgan fingerprint density at radius 1 is 1.39 bits per heavy atom. The fourth-order valence-electron chi connectivity index (χ4n) is 3.71. The van der Waals surface area contributed by atoms with Gasteiger partial charge in [-0.15, -0.1) is 11.8 Å². The number of carboxylic acid groups (broad SMARTS) is 2. The lowest BCUT2D eigenvalue weighted by Gasteiger charge is -2.49. The van der Waals surface area contributed by atoms with Gasteiger partial charge in [0.1, 0.15) is 27.1 Å². The number of aliphatic carboxylic acids is 2. The lowest BCUT2D eigenvalue weighted by atomic mass is 10.0. The zero-order valence-electron chi connectivity index (χ0n) is 19.5. The van der Waals surface area contributed by atoms with E-state index in [-0.39, 0.29) is 33.2 Å². The van der Waals surface area contributed by atoms with E-state index in [9.17, 15) is 24.3 Å². The molecule has 2 unspecified atom stereocenters. The molecule has 4 rings (SSSR count). The standard InChI is InChI=1S/C21H20ClN7O7S2/c1-8(19(32)33)36-27-12(11-15(22)38-21(24)26-11)16(30)25-13-17(31)29-14(20(34)35)9(7-37-18(13)29)5-28-4-2-3-10(23)6-28/h2-4,6,8,13,18H,5,7,23H2,1H3,(H4-,24,25,26,30,32,33,34,35)/p+1/t8-,13?,18?/m0/s1. The van der Waals surface area contributed by atoms with E-state index in [0.717, 1.165) is 16.2 Å². The first-order chi connectivity index (χ1) is 18.0. The number of halogens is 1. The molecular weight excluding hydrogens is 562 g/mol. The van der Waals surface area contributed by atoms with Crippen molar-refractivity contribution in [3.05, 3.63) is 45.8 Å². The summed E-state index contributed by atoms with van der Waals surface area (Å²) in [6, 6.07) is 2.32. The van der Waals surface area contributed by atoms with Gasteiger partial charge in [0.05, 0.1) is 5.69 Å². The molecule has 1 saturated heterocycles. The number of carbonyl (C=O) groups is 4. The van der Waals surface area contributed by atoms with Crippen LogP contribution in [0, 0.1) is 0 Å². The second-order valence-corrected chi connectivity index (χ2v) is 10.9. The highest BCUT2D eigenvalue weighted by Crippen LogP contribution is 2.40. The van der Waals surface area contributed by atoms with Crippen LogP contribution in [0.5, 0.6) is 0 Å². The molecule has 14 nitrogen and oxygen atoms in total. The molecule has 0 radical (unpaired) electrons. The molecule has 2 aliphatic rings. The largest absolute Gasteiger partial charge is 0.478 e. The number of thiazole rings is 1. The number of fused-ring (bicyclic) bond motifs is 1. The number of oxime groups is 1. The first-order valence-corrected chi connectivity index (χ1v) is 13.1. The first kappa shape index (κ1) is 27.2. The van der Waals surface area contributed by atoms with Crippen molar-refractivity contribution >= 4 is 75.0 Å². The summed E-state index contributed by atoms with van der Waals surface area (Å²) in [5.74, 6) is -3.92. The van der Waals surface area contributed by atoms with Gasteiger partial charge in [0.2, 0.25) is 6.10 Å². The molecule has 7 N–H and O–H groups in total. The Bertz CT molecular complexity index is 1400. The molecule has 2 aromatic heterocycles. The van der Waals surface area contributed by atoms with Gasteiger partial charge in [-0.25, -0.2) is 14.6 Å². The Kier molecular flexibility index (Phi) is 7.75. The lowest BCUT2D eigenvalue weighted by molar-refractivity contribution is -0.688. The van der Waals surface area contributed by atoms with E-state index in [1.807, 2.05) is 0 Å². The highest BCUT2D eigenvalue weighted by molar-refractivity contribution is 8.00. The smallest absolute Gasteiger partial charge is 0.352 e. The molecule has 2 aliphatic heterocycles. The van der Waals surface area contributed by atoms with E-state index in [0.29, 0.717) is 11.3 Å². The van der Waals surface area contributed by atoms with Gasteiger partial charge in [0.25, 0.3) is 11.8 Å². The maximum atomic E-state index is 13.1. The van der Waals surface area contributed by atoms with Gasteiger partial charge in [0.15, 0.2) is 29.8 Å². The van der Waals surface area contributed by atoms with Crippen LogP contribution >= 0.6 is 34.7 Å². The van der Waals surface area contributed by atoms with Crippen molar-refractivity contribution in [1.82, 2.24) is 15.2 Å². The molecule has 3 atom stereocenters. The van der Waals surface area contributed by atoms with Gasteiger partial charge in [0, 0.05) is 17.4 Å². The summed E-state index contributed by atoms with van der Waals surface area (Å²) in [5, 5.41) is 24.4. The molecular formula is C21H21ClN7O7S2+. The third kappa shape index (κ3) is 5.36. The number of carboxylic acids is 2. The Labute approximate surface area is 227 Å². The van der Waals surface area contributed by atoms with Crippen LogP contribution in [0.15, 0.2) is 41.0 Å². The summed E-state index contributed by atoms with van der Waals surface area (Å²) >= 11 is 8.24. The Hall–Kier alpha value is -3.89. The summed E-state index contributed by atoms with van der Waals surface area (Å²) in [6.07, 6.45) is 1.97. The number of anilines is 2. The van der Waals surface area contributed by atoms with Crippen LogP contribution in [0.4, 0.5) is 10.8 Å². The monoisotopic (exact) mass is 582 g/mol. The summed E-state index contributed by atoms with van der Waals surface area (Å²) in [7, 11) is 0. The number of nitrogens with two attached hydrogens (primary N) is 2. The van der Waals surface area contributed by atoms with Crippen LogP contribution in [0.25, 0.3) is 0 Å². The van der Waals surface area contributed by atoms with Crippen molar-refractivity contribution in [3.63, 3.8) is 0 Å². The molecule has 200 valence electrons. The number of β-lactam (4-membered cyclic amide) rings is 1. The lowest BCUT2D eigenvalue weighted by Crippen LogP contribution is -2.71. The normalized spacial score (nSPS) is 19.9. The molecule has 2 aromatic rings. The number of carbonyl (C=O) groups excluding carboxylic acids is 2. The zero-order chi connectivity index (χ0) is 27.7. The van der Waals surface area contributed by atoms with Gasteiger partial charge in [-0.05, 0) is 13.0 Å². The fourth-order valence-corrected chi connectivity index (χ4v) is 5.97. The molecule has 0 aromatic carbocycles. The van der Waals surface area contributed by atoms with E-state index in [1.165, 1.54) is 18.7 Å². The Morgan fingerprint density at radius 2 is 2.13 bits per heavy atom. The van der Waals surface area contributed by atoms with Gasteiger partial charge in [-0.1, -0.05) is 28.1 Å². The number of rotatable bonds is 9. The molecule has 2 amide bonds. The van der Waals surface area contributed by atoms with E-state index in [2.05, 4.69) is 15.5 Å². The molecule has 4 heterocycles. The average Bonchev–Trinajstić information content (AvgIpc) is 3.19. The van der Waals surface area contributed by atoms with Crippen molar-refractivity contribution in [2.24, 2.45) is 5.16 Å². The quantitative estimate of drug-likeness (QED) is 0.114. The van der Waals surface area contributed by atoms with Gasteiger partial charge < -0.3 is 31.8 Å². The number of hydrogen-bond donors (Lipinski definition) is 5. The predicted octanol–water partition coefficient (Wildman–Crippen LogP) is -0.119. The molecule has 38 heavy (non-hydrogen) atoms. The maximum Gasteiger partial charge on any atom is 0.352 e. The predicted molar refractivity (Wildman–Crippen MR) is 137 cm³/mol. The maximum absolute atomic E-state index is 13.1. The molecule has 0 spiro atoms. The highest BCUT2D eigenvalue weighted by Gasteiger charge is 2.55. The molecule has 17 heteroatoms. The minimum Gasteiger partial charge on any atom is -0.478 e. The van der Waals surface area contributed by atoms with Crippen LogP contribution in [-0.4, -0.2) is 72.8 Å². The zero-order valence-corrected chi connectivity index (χ0v) is 21.9. The number of nitrogen functional groups attached to an aromatic ring is 2. The Balaban J connectivity index is 1.56. The van der Waals surface area contributed by atoms with Crippen molar-refractivity contribution in [2.75, 3.05) is 17.2 Å². The number of aromatic nitrogens is 2. The van der Waals surface area contributed by atoms with Gasteiger partial charge in [-0.3, -0.25) is 14.5 Å². The number of thioether (sulfide) groups is 1. The summed E-state index contributed by atoms with van der Waals surface area (Å²) in [5.41, 5.74) is 11.6. The minimum atomic E-state index is -1.40. The second kappa shape index (κ2) is 10.8. The van der Waals surface area contributed by atoms with E-state index >= 15 is 0 Å². The van der Waals surface area contributed by atoms with Crippen LogP contribution in [0.1, 0.15) is 12.6 Å². The van der Waals surface area contributed by atoms with Crippen LogP contribution in [-0.2, 0) is 30.6 Å². The third-order valence-corrected chi connectivity index (χ3v) is 7.91. The number of nitrogens with one attached hydrogen (secondary N) is 1. The topological polar surface area (TPSA) is 214 Å². The summed E-state index contributed by atoms with van der Waals surface area (Å²) in [6.45, 7) is 1.40. The Morgan fingerprint density at radius 3 is 2.74 bits per heavy atom. The molecule has 0 bridgehead atoms. The van der Waals surface area contributed by atoms with Gasteiger partial charge in [-0.2, -0.15) is 4.57 Å².